The van der Waals surface area contributed by atoms with Gasteiger partial charge in [0.05, 0.1) is 23.8 Å². The molecule has 0 unspecified atom stereocenters. The van der Waals surface area contributed by atoms with E-state index in [1.165, 1.54) is 0 Å². The van der Waals surface area contributed by atoms with Crippen molar-refractivity contribution in [2.45, 2.75) is 0 Å². The molecule has 0 aliphatic carbocycles. The highest BCUT2D eigenvalue weighted by molar-refractivity contribution is 6.30. The molecule has 2 heterocycles. The van der Waals surface area contributed by atoms with E-state index < -0.39 is 0 Å². The van der Waals surface area contributed by atoms with Crippen LogP contribution < -0.4 is 4.74 Å². The number of pyridine rings is 1. The van der Waals surface area contributed by atoms with Gasteiger partial charge < -0.3 is 9.72 Å². The number of rotatable bonds is 2. The number of hydrogen-bond donors (Lipinski definition) is 1. The topological polar surface area (TPSA) is 37.9 Å². The zero-order chi connectivity index (χ0) is 15.1. The first-order valence-electron chi connectivity index (χ1n) is 6.97. The van der Waals surface area contributed by atoms with Crippen LogP contribution in [0.1, 0.15) is 0 Å². The van der Waals surface area contributed by atoms with Crippen molar-refractivity contribution < 1.29 is 4.74 Å². The summed E-state index contributed by atoms with van der Waals surface area (Å²) in [6.07, 6.45) is 1.94. The first kappa shape index (κ1) is 13.2. The van der Waals surface area contributed by atoms with Gasteiger partial charge in [-0.2, -0.15) is 0 Å². The summed E-state index contributed by atoms with van der Waals surface area (Å²) >= 11 is 5.99. The Morgan fingerprint density at radius 3 is 2.59 bits per heavy atom. The quantitative estimate of drug-likeness (QED) is 0.563. The third-order valence-corrected chi connectivity index (χ3v) is 4.08. The van der Waals surface area contributed by atoms with Gasteiger partial charge in [0.1, 0.15) is 5.75 Å². The van der Waals surface area contributed by atoms with Gasteiger partial charge in [-0.1, -0.05) is 23.7 Å². The summed E-state index contributed by atoms with van der Waals surface area (Å²) in [6, 6.07) is 15.8. The molecule has 0 aliphatic rings. The highest BCUT2D eigenvalue weighted by Crippen LogP contribution is 2.33. The summed E-state index contributed by atoms with van der Waals surface area (Å²) in [4.78, 5) is 8.13. The normalized spacial score (nSPS) is 11.2. The van der Waals surface area contributed by atoms with Crippen LogP contribution in [-0.2, 0) is 0 Å². The fourth-order valence-corrected chi connectivity index (χ4v) is 2.87. The minimum absolute atomic E-state index is 0.717. The summed E-state index contributed by atoms with van der Waals surface area (Å²) in [6.45, 7) is 0. The molecular formula is C18H13ClN2O. The fourth-order valence-electron chi connectivity index (χ4n) is 2.74. The van der Waals surface area contributed by atoms with Gasteiger partial charge in [0, 0.05) is 33.6 Å². The molecular weight excluding hydrogens is 296 g/mol. The van der Waals surface area contributed by atoms with E-state index in [0.717, 1.165) is 38.8 Å². The second kappa shape index (κ2) is 5.04. The Morgan fingerprint density at radius 1 is 1.00 bits per heavy atom. The number of halogens is 1. The van der Waals surface area contributed by atoms with Crippen molar-refractivity contribution in [3.8, 4) is 17.0 Å². The molecule has 4 rings (SSSR count). The van der Waals surface area contributed by atoms with E-state index >= 15 is 0 Å². The van der Waals surface area contributed by atoms with Gasteiger partial charge in [-0.05, 0) is 30.3 Å². The van der Waals surface area contributed by atoms with Gasteiger partial charge in [0.2, 0.25) is 0 Å². The van der Waals surface area contributed by atoms with Gasteiger partial charge in [-0.3, -0.25) is 0 Å². The van der Waals surface area contributed by atoms with Gasteiger partial charge in [0.25, 0.3) is 0 Å². The van der Waals surface area contributed by atoms with E-state index in [1.54, 1.807) is 7.11 Å². The molecule has 0 spiro atoms. The molecule has 0 bridgehead atoms. The standard InChI is InChI=1S/C18H13ClN2O/c1-22-13-6-7-14-15-8-9-20-18(15)17(21-16(14)10-13)11-2-4-12(19)5-3-11/h2-10,20H,1H3. The van der Waals surface area contributed by atoms with E-state index in [-0.39, 0.29) is 0 Å². The number of benzene rings is 2. The Morgan fingerprint density at radius 2 is 1.82 bits per heavy atom. The molecule has 0 fully saturated rings. The van der Waals surface area contributed by atoms with E-state index in [4.69, 9.17) is 21.3 Å². The maximum Gasteiger partial charge on any atom is 0.121 e. The number of aromatic nitrogens is 2. The zero-order valence-corrected chi connectivity index (χ0v) is 12.7. The Hall–Kier alpha value is -2.52. The highest BCUT2D eigenvalue weighted by atomic mass is 35.5. The molecule has 3 nitrogen and oxygen atoms in total. The summed E-state index contributed by atoms with van der Waals surface area (Å²) in [5, 5.41) is 2.97. The molecule has 108 valence electrons. The highest BCUT2D eigenvalue weighted by Gasteiger charge is 2.11. The van der Waals surface area contributed by atoms with Gasteiger partial charge in [-0.15, -0.1) is 0 Å². The molecule has 0 saturated heterocycles. The second-order valence-electron chi connectivity index (χ2n) is 5.12. The first-order valence-corrected chi connectivity index (χ1v) is 7.35. The SMILES string of the molecule is COc1ccc2c(c1)nc(-c1ccc(Cl)cc1)c1[nH]ccc12. The fraction of sp³-hybridized carbons (Fsp3) is 0.0556. The third kappa shape index (κ3) is 2.02. The third-order valence-electron chi connectivity index (χ3n) is 3.83. The van der Waals surface area contributed by atoms with Crippen molar-refractivity contribution in [2.24, 2.45) is 0 Å². The van der Waals surface area contributed by atoms with E-state index in [1.807, 2.05) is 48.7 Å². The van der Waals surface area contributed by atoms with Crippen LogP contribution in [0.2, 0.25) is 5.02 Å². The van der Waals surface area contributed by atoms with E-state index in [0.29, 0.717) is 5.02 Å². The van der Waals surface area contributed by atoms with Crippen LogP contribution in [0.5, 0.6) is 5.75 Å². The number of methoxy groups -OCH3 is 1. The van der Waals surface area contributed by atoms with E-state index in [9.17, 15) is 0 Å². The predicted molar refractivity (Wildman–Crippen MR) is 90.6 cm³/mol. The molecule has 22 heavy (non-hydrogen) atoms. The summed E-state index contributed by atoms with van der Waals surface area (Å²) in [5.74, 6) is 0.803. The summed E-state index contributed by atoms with van der Waals surface area (Å²) in [5.41, 5.74) is 3.88. The maximum atomic E-state index is 5.99. The minimum atomic E-state index is 0.717. The molecule has 0 atom stereocenters. The lowest BCUT2D eigenvalue weighted by Crippen LogP contribution is -1.90. The molecule has 0 radical (unpaired) electrons. The van der Waals surface area contributed by atoms with Crippen LogP contribution in [-0.4, -0.2) is 17.1 Å². The zero-order valence-electron chi connectivity index (χ0n) is 11.9. The number of hydrogen-bond acceptors (Lipinski definition) is 2. The second-order valence-corrected chi connectivity index (χ2v) is 5.55. The van der Waals surface area contributed by atoms with Crippen LogP contribution in [0.15, 0.2) is 54.7 Å². The van der Waals surface area contributed by atoms with Crippen LogP contribution in [0, 0.1) is 0 Å². The molecule has 0 amide bonds. The van der Waals surface area contributed by atoms with Gasteiger partial charge in [0.15, 0.2) is 0 Å². The predicted octanol–water partition coefficient (Wildman–Crippen LogP) is 5.05. The van der Waals surface area contributed by atoms with Crippen molar-refractivity contribution >= 4 is 33.4 Å². The van der Waals surface area contributed by atoms with Crippen molar-refractivity contribution in [2.75, 3.05) is 7.11 Å². The lowest BCUT2D eigenvalue weighted by Gasteiger charge is -2.08. The maximum absolute atomic E-state index is 5.99. The van der Waals surface area contributed by atoms with Crippen molar-refractivity contribution in [1.29, 1.82) is 0 Å². The first-order chi connectivity index (χ1) is 10.8. The smallest absolute Gasteiger partial charge is 0.121 e. The van der Waals surface area contributed by atoms with E-state index in [2.05, 4.69) is 11.1 Å². The van der Waals surface area contributed by atoms with Gasteiger partial charge in [-0.25, -0.2) is 4.98 Å². The number of nitrogens with zero attached hydrogens (tertiary/aromatic N) is 1. The van der Waals surface area contributed by atoms with Crippen molar-refractivity contribution in [1.82, 2.24) is 9.97 Å². The molecule has 2 aromatic heterocycles. The van der Waals surface area contributed by atoms with Crippen LogP contribution in [0.25, 0.3) is 33.1 Å². The number of aromatic amines is 1. The van der Waals surface area contributed by atoms with Crippen LogP contribution in [0.4, 0.5) is 0 Å². The molecule has 4 heteroatoms. The largest absolute Gasteiger partial charge is 0.497 e. The number of ether oxygens (including phenoxy) is 1. The Labute approximate surface area is 132 Å². The Kier molecular flexibility index (Phi) is 3.01. The van der Waals surface area contributed by atoms with Crippen LogP contribution >= 0.6 is 11.6 Å². The minimum Gasteiger partial charge on any atom is -0.497 e. The molecule has 1 N–H and O–H groups in total. The molecule has 0 saturated carbocycles. The average Bonchev–Trinajstić information content (AvgIpc) is 3.04. The molecule has 0 aliphatic heterocycles. The summed E-state index contributed by atoms with van der Waals surface area (Å²) < 4.78 is 5.31. The van der Waals surface area contributed by atoms with Gasteiger partial charge >= 0.3 is 0 Å². The monoisotopic (exact) mass is 308 g/mol. The van der Waals surface area contributed by atoms with Crippen molar-refractivity contribution in [3.05, 3.63) is 59.8 Å². The Bertz CT molecular complexity index is 974. The number of fused-ring (bicyclic) bond motifs is 3. The molecule has 2 aromatic carbocycles. The van der Waals surface area contributed by atoms with Crippen LogP contribution in [0.3, 0.4) is 0 Å². The number of H-pyrrole nitrogens is 1. The molecule has 4 aromatic rings. The lowest BCUT2D eigenvalue weighted by molar-refractivity contribution is 0.415. The summed E-state index contributed by atoms with van der Waals surface area (Å²) in [7, 11) is 1.66. The lowest BCUT2D eigenvalue weighted by atomic mass is 10.1. The Balaban J connectivity index is 2.07. The van der Waals surface area contributed by atoms with Crippen molar-refractivity contribution in [3.63, 3.8) is 0 Å². The average molecular weight is 309 g/mol. The number of nitrogens with one attached hydrogen (secondary N) is 1.